The van der Waals surface area contributed by atoms with E-state index in [4.69, 9.17) is 10.00 Å². The molecule has 0 radical (unpaired) electrons. The van der Waals surface area contributed by atoms with Gasteiger partial charge in [0, 0.05) is 24.7 Å². The Morgan fingerprint density at radius 2 is 1.61 bits per heavy atom. The van der Waals surface area contributed by atoms with E-state index >= 15 is 0 Å². The molecule has 2 aromatic rings. The number of carbonyl (C=O) groups is 2. The summed E-state index contributed by atoms with van der Waals surface area (Å²) in [5.74, 6) is -1.85. The van der Waals surface area contributed by atoms with Crippen molar-refractivity contribution in [2.24, 2.45) is 5.41 Å². The highest BCUT2D eigenvalue weighted by atomic mass is 16.5. The Balaban J connectivity index is 2.19. The number of ketones is 1. The fourth-order valence-electron chi connectivity index (χ4n) is 4.08. The number of ether oxygens (including phenoxy) is 1. The number of benzene rings is 2. The van der Waals surface area contributed by atoms with Crippen LogP contribution in [0.4, 0.5) is 0 Å². The third kappa shape index (κ3) is 3.28. The summed E-state index contributed by atoms with van der Waals surface area (Å²) < 4.78 is 5.33. The van der Waals surface area contributed by atoms with Gasteiger partial charge in [-0.05, 0) is 30.2 Å². The number of rotatable bonds is 4. The molecule has 1 fully saturated rings. The van der Waals surface area contributed by atoms with Gasteiger partial charge < -0.3 is 4.74 Å². The molecular formula is C23H20N2O3. The van der Waals surface area contributed by atoms with Crippen LogP contribution in [0.15, 0.2) is 54.6 Å². The average molecular weight is 372 g/mol. The molecule has 1 aliphatic rings. The predicted octanol–water partition coefficient (Wildman–Crippen LogP) is 3.86. The van der Waals surface area contributed by atoms with E-state index in [0.717, 1.165) is 5.56 Å². The molecule has 0 saturated heterocycles. The molecule has 0 bridgehead atoms. The predicted molar refractivity (Wildman–Crippen MR) is 102 cm³/mol. The van der Waals surface area contributed by atoms with Gasteiger partial charge in [-0.15, -0.1) is 0 Å². The van der Waals surface area contributed by atoms with Crippen LogP contribution in [0.2, 0.25) is 0 Å². The lowest BCUT2D eigenvalue weighted by Crippen LogP contribution is -2.47. The lowest BCUT2D eigenvalue weighted by atomic mass is 9.56. The van der Waals surface area contributed by atoms with E-state index < -0.39 is 23.2 Å². The molecule has 3 atom stereocenters. The number of hydrogen-bond acceptors (Lipinski definition) is 5. The van der Waals surface area contributed by atoms with Crippen molar-refractivity contribution in [1.82, 2.24) is 0 Å². The number of nitriles is 2. The summed E-state index contributed by atoms with van der Waals surface area (Å²) in [6, 6.07) is 20.2. The van der Waals surface area contributed by atoms with Gasteiger partial charge in [-0.2, -0.15) is 10.5 Å². The average Bonchev–Trinajstić information content (AvgIpc) is 2.74. The maximum atomic E-state index is 13.1. The first kappa shape index (κ1) is 19.3. The zero-order chi connectivity index (χ0) is 20.1. The molecule has 2 aromatic carbocycles. The Labute approximate surface area is 164 Å². The lowest BCUT2D eigenvalue weighted by Gasteiger charge is -2.42. The summed E-state index contributed by atoms with van der Waals surface area (Å²) in [5, 5.41) is 19.3. The molecule has 0 heterocycles. The number of carbonyl (C=O) groups excluding carboxylic acids is 2. The minimum atomic E-state index is -1.51. The van der Waals surface area contributed by atoms with E-state index in [9.17, 15) is 14.9 Å². The molecule has 0 spiro atoms. The Morgan fingerprint density at radius 1 is 1.04 bits per heavy atom. The largest absolute Gasteiger partial charge is 0.465 e. The normalized spacial score (nSPS) is 24.0. The lowest BCUT2D eigenvalue weighted by molar-refractivity contribution is -0.156. The summed E-state index contributed by atoms with van der Waals surface area (Å²) in [4.78, 5) is 25.8. The van der Waals surface area contributed by atoms with E-state index in [-0.39, 0.29) is 25.2 Å². The monoisotopic (exact) mass is 372 g/mol. The third-order valence-corrected chi connectivity index (χ3v) is 5.41. The van der Waals surface area contributed by atoms with Crippen molar-refractivity contribution in [2.45, 2.75) is 31.6 Å². The van der Waals surface area contributed by atoms with E-state index in [2.05, 4.69) is 12.1 Å². The maximum Gasteiger partial charge on any atom is 0.327 e. The Morgan fingerprint density at radius 3 is 2.11 bits per heavy atom. The molecule has 0 amide bonds. The van der Waals surface area contributed by atoms with Crippen LogP contribution in [0.5, 0.6) is 0 Å². The first-order valence-corrected chi connectivity index (χ1v) is 9.22. The van der Waals surface area contributed by atoms with Gasteiger partial charge in [0.1, 0.15) is 5.78 Å². The van der Waals surface area contributed by atoms with Crippen LogP contribution in [0.3, 0.4) is 0 Å². The van der Waals surface area contributed by atoms with Crippen LogP contribution in [0.1, 0.15) is 48.3 Å². The van der Waals surface area contributed by atoms with E-state index in [1.54, 1.807) is 31.2 Å². The summed E-state index contributed by atoms with van der Waals surface area (Å²) >= 11 is 0. The molecule has 1 saturated carbocycles. The quantitative estimate of drug-likeness (QED) is 0.760. The topological polar surface area (TPSA) is 90.9 Å². The van der Waals surface area contributed by atoms with Gasteiger partial charge >= 0.3 is 5.97 Å². The minimum Gasteiger partial charge on any atom is -0.465 e. The second-order valence-electron chi connectivity index (χ2n) is 6.90. The second-order valence-corrected chi connectivity index (χ2v) is 6.90. The first-order valence-electron chi connectivity index (χ1n) is 9.22. The smallest absolute Gasteiger partial charge is 0.327 e. The highest BCUT2D eigenvalue weighted by Crippen LogP contribution is 2.54. The SMILES string of the molecule is CCOC(=O)[C@@]1(C#N)[C@H](c2ccccc2)CC(=O)C[C@H]1c1ccc(C#N)cc1. The number of hydrogen-bond donors (Lipinski definition) is 0. The zero-order valence-electron chi connectivity index (χ0n) is 15.6. The van der Waals surface area contributed by atoms with Crippen LogP contribution in [-0.4, -0.2) is 18.4 Å². The van der Waals surface area contributed by atoms with Crippen molar-refractivity contribution in [2.75, 3.05) is 6.61 Å². The second kappa shape index (κ2) is 8.06. The van der Waals surface area contributed by atoms with E-state index in [0.29, 0.717) is 11.1 Å². The first-order chi connectivity index (χ1) is 13.6. The zero-order valence-corrected chi connectivity index (χ0v) is 15.6. The fourth-order valence-corrected chi connectivity index (χ4v) is 4.08. The highest BCUT2D eigenvalue weighted by molar-refractivity contribution is 5.90. The fraction of sp³-hybridized carbons (Fsp3) is 0.304. The Hall–Kier alpha value is -3.44. The van der Waals surface area contributed by atoms with Crippen molar-refractivity contribution in [1.29, 1.82) is 10.5 Å². The van der Waals surface area contributed by atoms with Crippen molar-refractivity contribution in [3.05, 3.63) is 71.3 Å². The van der Waals surface area contributed by atoms with Crippen molar-refractivity contribution in [3.8, 4) is 12.1 Å². The van der Waals surface area contributed by atoms with Crippen LogP contribution < -0.4 is 0 Å². The van der Waals surface area contributed by atoms with Crippen LogP contribution >= 0.6 is 0 Å². The van der Waals surface area contributed by atoms with Gasteiger partial charge in [0.05, 0.1) is 24.3 Å². The van der Waals surface area contributed by atoms with Gasteiger partial charge in [0.2, 0.25) is 0 Å². The summed E-state index contributed by atoms with van der Waals surface area (Å²) in [7, 11) is 0. The number of esters is 1. The summed E-state index contributed by atoms with van der Waals surface area (Å²) in [6.07, 6.45) is 0.199. The van der Waals surface area contributed by atoms with Crippen LogP contribution in [0.25, 0.3) is 0 Å². The van der Waals surface area contributed by atoms with Crippen molar-refractivity contribution < 1.29 is 14.3 Å². The van der Waals surface area contributed by atoms with Gasteiger partial charge in [-0.1, -0.05) is 42.5 Å². The number of Topliss-reactive ketones (excluding diaryl/α,β-unsaturated/α-hetero) is 1. The Bertz CT molecular complexity index is 954. The highest BCUT2D eigenvalue weighted by Gasteiger charge is 2.58. The molecule has 5 heteroatoms. The molecule has 1 aliphatic carbocycles. The van der Waals surface area contributed by atoms with Gasteiger partial charge in [0.25, 0.3) is 0 Å². The minimum absolute atomic E-state index is 0.00149. The van der Waals surface area contributed by atoms with Crippen molar-refractivity contribution >= 4 is 11.8 Å². The standard InChI is InChI=1S/C23H20N2O3/c1-2-28-22(27)23(15-25)20(17-6-4-3-5-7-17)12-19(26)13-21(23)18-10-8-16(14-24)9-11-18/h3-11,20-21H,2,12-13H2,1H3/t20-,21-,23-/m0/s1. The van der Waals surface area contributed by atoms with Crippen LogP contribution in [-0.2, 0) is 14.3 Å². The number of nitrogens with zero attached hydrogens (tertiary/aromatic N) is 2. The van der Waals surface area contributed by atoms with Gasteiger partial charge in [0.15, 0.2) is 5.41 Å². The van der Waals surface area contributed by atoms with Crippen LogP contribution in [0, 0.1) is 28.1 Å². The molecule has 0 unspecified atom stereocenters. The molecule has 140 valence electrons. The van der Waals surface area contributed by atoms with Crippen molar-refractivity contribution in [3.63, 3.8) is 0 Å². The molecule has 0 aromatic heterocycles. The van der Waals surface area contributed by atoms with Gasteiger partial charge in [-0.25, -0.2) is 0 Å². The maximum absolute atomic E-state index is 13.1. The summed E-state index contributed by atoms with van der Waals surface area (Å²) in [5.41, 5.74) is 0.412. The molecule has 0 aliphatic heterocycles. The molecule has 28 heavy (non-hydrogen) atoms. The third-order valence-electron chi connectivity index (χ3n) is 5.41. The molecule has 0 N–H and O–H groups in total. The molecule has 3 rings (SSSR count). The van der Waals surface area contributed by atoms with E-state index in [1.165, 1.54) is 0 Å². The van der Waals surface area contributed by atoms with Gasteiger partial charge in [-0.3, -0.25) is 9.59 Å². The molecular weight excluding hydrogens is 352 g/mol. The van der Waals surface area contributed by atoms with E-state index in [1.807, 2.05) is 30.3 Å². The summed E-state index contributed by atoms with van der Waals surface area (Å²) in [6.45, 7) is 1.85. The Kier molecular flexibility index (Phi) is 5.57. The molecule has 5 nitrogen and oxygen atoms in total.